The molecule has 3 aromatic rings. The molecule has 0 amide bonds. The first-order valence-corrected chi connectivity index (χ1v) is 9.76. The summed E-state index contributed by atoms with van der Waals surface area (Å²) < 4.78 is 44.3. The lowest BCUT2D eigenvalue weighted by Crippen LogP contribution is -2.49. The average Bonchev–Trinajstić information content (AvgIpc) is 2.75. The third-order valence-corrected chi connectivity index (χ3v) is 5.73. The fourth-order valence-corrected chi connectivity index (χ4v) is 3.89. The number of nitrogens with zero attached hydrogens (tertiary/aromatic N) is 2. The van der Waals surface area contributed by atoms with E-state index in [2.05, 4.69) is 15.5 Å². The summed E-state index contributed by atoms with van der Waals surface area (Å²) in [6, 6.07) is 14.9. The molecule has 0 unspecified atom stereocenters. The zero-order valence-electron chi connectivity index (χ0n) is 16.4. The van der Waals surface area contributed by atoms with E-state index in [0.717, 1.165) is 22.1 Å². The van der Waals surface area contributed by atoms with Gasteiger partial charge in [0.2, 0.25) is 0 Å². The highest BCUT2D eigenvalue weighted by Crippen LogP contribution is 2.42. The van der Waals surface area contributed by atoms with Crippen LogP contribution in [0.2, 0.25) is 0 Å². The van der Waals surface area contributed by atoms with Gasteiger partial charge in [0.15, 0.2) is 11.4 Å². The number of halogens is 3. The van der Waals surface area contributed by atoms with Gasteiger partial charge in [0, 0.05) is 22.4 Å². The Kier molecular flexibility index (Phi) is 5.27. The Morgan fingerprint density at radius 2 is 1.63 bits per heavy atom. The number of ether oxygens (including phenoxy) is 1. The normalized spacial score (nSPS) is 22.1. The van der Waals surface area contributed by atoms with E-state index in [1.807, 2.05) is 48.5 Å². The van der Waals surface area contributed by atoms with Crippen molar-refractivity contribution in [3.8, 4) is 17.0 Å². The van der Waals surface area contributed by atoms with Crippen molar-refractivity contribution in [1.29, 1.82) is 0 Å². The van der Waals surface area contributed by atoms with Crippen LogP contribution in [0.5, 0.6) is 5.75 Å². The van der Waals surface area contributed by atoms with Crippen molar-refractivity contribution in [2.24, 2.45) is 0 Å². The lowest BCUT2D eigenvalue weighted by atomic mass is 9.81. The monoisotopic (exact) mass is 417 g/mol. The summed E-state index contributed by atoms with van der Waals surface area (Å²) in [4.78, 5) is 0. The van der Waals surface area contributed by atoms with Crippen LogP contribution in [-0.2, 0) is 0 Å². The number of aliphatic hydroxyl groups is 1. The molecule has 0 atom stereocenters. The van der Waals surface area contributed by atoms with Crippen LogP contribution < -0.4 is 10.1 Å². The van der Waals surface area contributed by atoms with E-state index in [1.54, 1.807) is 7.11 Å². The topological polar surface area (TPSA) is 67.3 Å². The van der Waals surface area contributed by atoms with Crippen LogP contribution in [0.25, 0.3) is 22.0 Å². The van der Waals surface area contributed by atoms with Crippen LogP contribution >= 0.6 is 0 Å². The van der Waals surface area contributed by atoms with Crippen molar-refractivity contribution in [1.82, 2.24) is 10.2 Å². The number of nitrogens with one attached hydrogen (secondary N) is 1. The smallest absolute Gasteiger partial charge is 0.417 e. The number of anilines is 1. The van der Waals surface area contributed by atoms with E-state index in [-0.39, 0.29) is 31.7 Å². The second kappa shape index (κ2) is 7.75. The predicted octanol–water partition coefficient (Wildman–Crippen LogP) is 4.95. The van der Waals surface area contributed by atoms with Gasteiger partial charge in [-0.25, -0.2) is 0 Å². The number of alkyl halides is 3. The van der Waals surface area contributed by atoms with E-state index >= 15 is 0 Å². The van der Waals surface area contributed by atoms with Crippen LogP contribution in [-0.4, -0.2) is 40.2 Å². The molecule has 0 spiro atoms. The van der Waals surface area contributed by atoms with Gasteiger partial charge in [-0.05, 0) is 49.9 Å². The molecule has 30 heavy (non-hydrogen) atoms. The number of benzene rings is 2. The minimum absolute atomic E-state index is 0.201. The van der Waals surface area contributed by atoms with E-state index in [4.69, 9.17) is 4.74 Å². The van der Waals surface area contributed by atoms with Crippen molar-refractivity contribution in [3.05, 3.63) is 48.5 Å². The van der Waals surface area contributed by atoms with Gasteiger partial charge in [0.05, 0.1) is 7.11 Å². The second-order valence-electron chi connectivity index (χ2n) is 7.62. The van der Waals surface area contributed by atoms with Crippen molar-refractivity contribution >= 4 is 16.6 Å². The van der Waals surface area contributed by atoms with E-state index in [0.29, 0.717) is 11.5 Å². The van der Waals surface area contributed by atoms with Gasteiger partial charge in [-0.15, -0.1) is 10.2 Å². The highest BCUT2D eigenvalue weighted by molar-refractivity contribution is 6.00. The molecule has 1 aromatic heterocycles. The van der Waals surface area contributed by atoms with Crippen molar-refractivity contribution < 1.29 is 23.0 Å². The van der Waals surface area contributed by atoms with Crippen LogP contribution in [0.4, 0.5) is 19.0 Å². The molecular weight excluding hydrogens is 395 g/mol. The zero-order valence-corrected chi connectivity index (χ0v) is 16.4. The first-order valence-electron chi connectivity index (χ1n) is 9.76. The number of hydrogen-bond acceptors (Lipinski definition) is 5. The molecule has 1 saturated carbocycles. The number of aromatic nitrogens is 2. The zero-order chi connectivity index (χ0) is 21.4. The molecule has 2 aromatic carbocycles. The maximum absolute atomic E-state index is 13.0. The van der Waals surface area contributed by atoms with E-state index < -0.39 is 11.8 Å². The quantitative estimate of drug-likeness (QED) is 0.629. The summed E-state index contributed by atoms with van der Waals surface area (Å²) in [7, 11) is 1.60. The maximum atomic E-state index is 13.0. The van der Waals surface area contributed by atoms with Gasteiger partial charge in [-0.3, -0.25) is 0 Å². The Morgan fingerprint density at radius 1 is 1.00 bits per heavy atom. The number of hydrogen-bond donors (Lipinski definition) is 2. The van der Waals surface area contributed by atoms with Gasteiger partial charge in [-0.1, -0.05) is 24.3 Å². The standard InChI is InChI=1S/C22H22F3N3O2/c1-30-16-8-6-14(7-9-16)19-17-4-2-3-5-18(17)20(28-27-19)26-15-10-12-21(29,13-11-15)22(23,24)25/h2-9,15,29H,10-13H2,1H3,(H,26,28)/t15-,21+. The fraction of sp³-hybridized carbons (Fsp3) is 0.364. The minimum Gasteiger partial charge on any atom is -0.497 e. The molecule has 4 rings (SSSR count). The molecule has 1 aliphatic carbocycles. The average molecular weight is 417 g/mol. The summed E-state index contributed by atoms with van der Waals surface area (Å²) in [5.41, 5.74) is -0.996. The molecule has 1 heterocycles. The Morgan fingerprint density at radius 3 is 2.23 bits per heavy atom. The summed E-state index contributed by atoms with van der Waals surface area (Å²) in [6.45, 7) is 0. The molecule has 158 valence electrons. The minimum atomic E-state index is -4.61. The van der Waals surface area contributed by atoms with Gasteiger partial charge < -0.3 is 15.2 Å². The highest BCUT2D eigenvalue weighted by atomic mass is 19.4. The summed E-state index contributed by atoms with van der Waals surface area (Å²) in [6.07, 6.45) is -4.87. The predicted molar refractivity (Wildman–Crippen MR) is 108 cm³/mol. The first-order chi connectivity index (χ1) is 14.3. The Bertz CT molecular complexity index is 1030. The van der Waals surface area contributed by atoms with Crippen molar-refractivity contribution in [3.63, 3.8) is 0 Å². The SMILES string of the molecule is COc1ccc(-c2nnc(N[C@H]3CC[C@](O)(C(F)(F)F)CC3)c3ccccc23)cc1. The van der Waals surface area contributed by atoms with E-state index in [1.165, 1.54) is 0 Å². The molecular formula is C22H22F3N3O2. The summed E-state index contributed by atoms with van der Waals surface area (Å²) >= 11 is 0. The Balaban J connectivity index is 1.59. The van der Waals surface area contributed by atoms with Crippen LogP contribution in [0.3, 0.4) is 0 Å². The fourth-order valence-electron chi connectivity index (χ4n) is 3.89. The Labute approximate surface area is 171 Å². The molecule has 1 aliphatic rings. The molecule has 0 radical (unpaired) electrons. The largest absolute Gasteiger partial charge is 0.497 e. The molecule has 1 fully saturated rings. The lowest BCUT2D eigenvalue weighted by Gasteiger charge is -2.37. The third-order valence-electron chi connectivity index (χ3n) is 5.73. The highest BCUT2D eigenvalue weighted by Gasteiger charge is 2.54. The molecule has 0 bridgehead atoms. The first kappa shape index (κ1) is 20.4. The Hall–Kier alpha value is -2.87. The van der Waals surface area contributed by atoms with Crippen LogP contribution in [0.15, 0.2) is 48.5 Å². The van der Waals surface area contributed by atoms with Gasteiger partial charge >= 0.3 is 6.18 Å². The molecule has 2 N–H and O–H groups in total. The molecule has 0 aliphatic heterocycles. The van der Waals surface area contributed by atoms with Gasteiger partial charge in [-0.2, -0.15) is 13.2 Å². The van der Waals surface area contributed by atoms with Crippen LogP contribution in [0, 0.1) is 0 Å². The van der Waals surface area contributed by atoms with Crippen molar-refractivity contribution in [2.75, 3.05) is 12.4 Å². The number of methoxy groups -OCH3 is 1. The van der Waals surface area contributed by atoms with Crippen LogP contribution in [0.1, 0.15) is 25.7 Å². The molecule has 5 nitrogen and oxygen atoms in total. The second-order valence-corrected chi connectivity index (χ2v) is 7.62. The summed E-state index contributed by atoms with van der Waals surface area (Å²) in [5, 5.41) is 23.6. The number of fused-ring (bicyclic) bond motifs is 1. The third kappa shape index (κ3) is 3.79. The molecule has 8 heteroatoms. The summed E-state index contributed by atoms with van der Waals surface area (Å²) in [5.74, 6) is 1.27. The van der Waals surface area contributed by atoms with Gasteiger partial charge in [0.1, 0.15) is 11.4 Å². The maximum Gasteiger partial charge on any atom is 0.417 e. The number of rotatable bonds is 4. The lowest BCUT2D eigenvalue weighted by molar-refractivity contribution is -0.269. The van der Waals surface area contributed by atoms with E-state index in [9.17, 15) is 18.3 Å². The van der Waals surface area contributed by atoms with Gasteiger partial charge in [0.25, 0.3) is 0 Å². The molecule has 0 saturated heterocycles. The van der Waals surface area contributed by atoms with Crippen molar-refractivity contribution in [2.45, 2.75) is 43.5 Å².